The van der Waals surface area contributed by atoms with Crippen LogP contribution in [-0.4, -0.2) is 21.2 Å². The number of carbonyl (C=O) groups excluding carboxylic acids is 1. The van der Waals surface area contributed by atoms with E-state index in [0.29, 0.717) is 5.16 Å². The van der Waals surface area contributed by atoms with Crippen LogP contribution in [0.5, 0.6) is 0 Å². The largest absolute Gasteiger partial charge is 0.549 e. The Morgan fingerprint density at radius 1 is 1.62 bits per heavy atom. The normalized spacial score (nSPS) is 12.9. The van der Waals surface area contributed by atoms with Crippen LogP contribution in [0.25, 0.3) is 11.0 Å². The lowest BCUT2D eigenvalue weighted by Crippen LogP contribution is -2.31. The number of aromatic amines is 1. The van der Waals surface area contributed by atoms with Crippen molar-refractivity contribution in [2.45, 2.75) is 17.3 Å². The number of aliphatic carboxylic acids is 1. The average Bonchev–Trinajstić information content (AvgIpc) is 2.58. The molecule has 0 radical (unpaired) electrons. The SMILES string of the molecule is C[C@@H](Sc1nc2ccc(Br)cc2[nH]1)C(=O)[O-]. The molecule has 1 aromatic heterocycles. The lowest BCUT2D eigenvalue weighted by atomic mass is 10.3. The highest BCUT2D eigenvalue weighted by Gasteiger charge is 2.09. The maximum atomic E-state index is 10.6. The highest BCUT2D eigenvalue weighted by atomic mass is 79.9. The van der Waals surface area contributed by atoms with Crippen molar-refractivity contribution in [1.29, 1.82) is 0 Å². The molecule has 84 valence electrons. The third kappa shape index (κ3) is 2.38. The minimum Gasteiger partial charge on any atom is -0.549 e. The molecule has 0 aliphatic carbocycles. The average molecular weight is 300 g/mol. The number of carbonyl (C=O) groups is 1. The van der Waals surface area contributed by atoms with Crippen LogP contribution in [0.2, 0.25) is 0 Å². The van der Waals surface area contributed by atoms with Crippen molar-refractivity contribution in [3.8, 4) is 0 Å². The number of nitrogens with one attached hydrogen (secondary N) is 1. The van der Waals surface area contributed by atoms with E-state index < -0.39 is 11.2 Å². The highest BCUT2D eigenvalue weighted by Crippen LogP contribution is 2.24. The van der Waals surface area contributed by atoms with Crippen molar-refractivity contribution < 1.29 is 9.90 Å². The van der Waals surface area contributed by atoms with Gasteiger partial charge in [0.25, 0.3) is 0 Å². The van der Waals surface area contributed by atoms with E-state index in [0.717, 1.165) is 27.3 Å². The van der Waals surface area contributed by atoms with Crippen LogP contribution in [0.15, 0.2) is 27.8 Å². The number of thioether (sulfide) groups is 1. The van der Waals surface area contributed by atoms with Gasteiger partial charge in [0, 0.05) is 9.72 Å². The van der Waals surface area contributed by atoms with Gasteiger partial charge in [-0.3, -0.25) is 0 Å². The number of carboxylic acid groups (broad SMARTS) is 1. The second-order valence-electron chi connectivity index (χ2n) is 3.28. The summed E-state index contributed by atoms with van der Waals surface area (Å²) in [5, 5.41) is 10.6. The minimum atomic E-state index is -1.09. The molecule has 16 heavy (non-hydrogen) atoms. The van der Waals surface area contributed by atoms with Crippen LogP contribution in [-0.2, 0) is 4.79 Å². The van der Waals surface area contributed by atoms with Gasteiger partial charge < -0.3 is 14.9 Å². The van der Waals surface area contributed by atoms with Gasteiger partial charge in [0.05, 0.1) is 17.0 Å². The zero-order chi connectivity index (χ0) is 11.7. The third-order valence-corrected chi connectivity index (χ3v) is 3.50. The van der Waals surface area contributed by atoms with Crippen LogP contribution in [0.1, 0.15) is 6.92 Å². The fourth-order valence-electron chi connectivity index (χ4n) is 1.23. The Morgan fingerprint density at radius 3 is 3.06 bits per heavy atom. The topological polar surface area (TPSA) is 68.8 Å². The number of hydrogen-bond acceptors (Lipinski definition) is 4. The van der Waals surface area contributed by atoms with Gasteiger partial charge in [0.2, 0.25) is 0 Å². The molecule has 0 saturated carbocycles. The number of hydrogen-bond donors (Lipinski definition) is 1. The van der Waals surface area contributed by atoms with Gasteiger partial charge >= 0.3 is 0 Å². The first-order valence-electron chi connectivity index (χ1n) is 4.59. The quantitative estimate of drug-likeness (QED) is 0.873. The number of carboxylic acids is 1. The fourth-order valence-corrected chi connectivity index (χ4v) is 2.34. The van der Waals surface area contributed by atoms with Crippen molar-refractivity contribution in [2.75, 3.05) is 0 Å². The molecule has 0 aliphatic rings. The summed E-state index contributed by atoms with van der Waals surface area (Å²) in [6, 6.07) is 5.65. The summed E-state index contributed by atoms with van der Waals surface area (Å²) in [7, 11) is 0. The Balaban J connectivity index is 2.29. The first-order chi connectivity index (χ1) is 7.56. The summed E-state index contributed by atoms with van der Waals surface area (Å²) in [5.74, 6) is -1.09. The molecule has 0 amide bonds. The molecule has 2 aromatic rings. The number of imidazole rings is 1. The molecule has 6 heteroatoms. The lowest BCUT2D eigenvalue weighted by molar-refractivity contribution is -0.304. The molecule has 0 spiro atoms. The van der Waals surface area contributed by atoms with Crippen LogP contribution in [0.3, 0.4) is 0 Å². The number of halogens is 1. The van der Waals surface area contributed by atoms with Crippen molar-refractivity contribution in [3.05, 3.63) is 22.7 Å². The van der Waals surface area contributed by atoms with Crippen molar-refractivity contribution in [1.82, 2.24) is 9.97 Å². The Morgan fingerprint density at radius 2 is 2.38 bits per heavy atom. The minimum absolute atomic E-state index is 0.588. The second kappa shape index (κ2) is 4.47. The molecule has 0 aliphatic heterocycles. The molecule has 0 saturated heterocycles. The fraction of sp³-hybridized carbons (Fsp3) is 0.200. The standard InChI is InChI=1S/C10H9BrN2O2S/c1-5(9(14)15)16-10-12-7-3-2-6(11)4-8(7)13-10/h2-5H,1H3,(H,12,13)(H,14,15)/p-1/t5-/m1/s1. The van der Waals surface area contributed by atoms with E-state index in [4.69, 9.17) is 0 Å². The Kier molecular flexibility index (Phi) is 3.20. The highest BCUT2D eigenvalue weighted by molar-refractivity contribution is 9.10. The van der Waals surface area contributed by atoms with E-state index >= 15 is 0 Å². The first-order valence-corrected chi connectivity index (χ1v) is 6.26. The second-order valence-corrected chi connectivity index (χ2v) is 5.53. The summed E-state index contributed by atoms with van der Waals surface area (Å²) in [6.07, 6.45) is 0. The molecule has 4 nitrogen and oxygen atoms in total. The number of rotatable bonds is 3. The molecule has 0 unspecified atom stereocenters. The van der Waals surface area contributed by atoms with Gasteiger partial charge in [-0.25, -0.2) is 4.98 Å². The number of fused-ring (bicyclic) bond motifs is 1. The van der Waals surface area contributed by atoms with Crippen molar-refractivity contribution >= 4 is 44.7 Å². The van der Waals surface area contributed by atoms with E-state index in [-0.39, 0.29) is 0 Å². The van der Waals surface area contributed by atoms with Gasteiger partial charge in [-0.2, -0.15) is 0 Å². The predicted octanol–water partition coefficient (Wildman–Crippen LogP) is 1.56. The summed E-state index contributed by atoms with van der Waals surface area (Å²) in [5.41, 5.74) is 1.69. The van der Waals surface area contributed by atoms with E-state index in [1.54, 1.807) is 6.92 Å². The summed E-state index contributed by atoms with van der Waals surface area (Å²) in [4.78, 5) is 17.9. The van der Waals surface area contributed by atoms with Crippen molar-refractivity contribution in [2.24, 2.45) is 0 Å². The van der Waals surface area contributed by atoms with E-state index in [1.165, 1.54) is 0 Å². The number of nitrogens with zero attached hydrogens (tertiary/aromatic N) is 1. The Hall–Kier alpha value is -1.01. The van der Waals surface area contributed by atoms with Crippen LogP contribution in [0, 0.1) is 0 Å². The number of benzene rings is 1. The Labute approximate surface area is 105 Å². The van der Waals surface area contributed by atoms with Crippen LogP contribution in [0.4, 0.5) is 0 Å². The molecule has 2 rings (SSSR count). The molecule has 1 heterocycles. The molecule has 1 N–H and O–H groups in total. The van der Waals surface area contributed by atoms with Crippen LogP contribution >= 0.6 is 27.7 Å². The maximum absolute atomic E-state index is 10.6. The lowest BCUT2D eigenvalue weighted by Gasteiger charge is -2.08. The molecule has 1 atom stereocenters. The van der Waals surface area contributed by atoms with Gasteiger partial charge in [-0.1, -0.05) is 27.7 Å². The first kappa shape index (κ1) is 11.5. The maximum Gasteiger partial charge on any atom is 0.166 e. The zero-order valence-electron chi connectivity index (χ0n) is 8.36. The molecule has 1 aromatic carbocycles. The third-order valence-electron chi connectivity index (χ3n) is 2.04. The number of aromatic nitrogens is 2. The van der Waals surface area contributed by atoms with Gasteiger partial charge in [0.1, 0.15) is 0 Å². The summed E-state index contributed by atoms with van der Waals surface area (Å²) >= 11 is 4.50. The summed E-state index contributed by atoms with van der Waals surface area (Å²) in [6.45, 7) is 1.57. The Bertz CT molecular complexity index is 541. The van der Waals surface area contributed by atoms with Gasteiger partial charge in [0.15, 0.2) is 5.16 Å². The van der Waals surface area contributed by atoms with Gasteiger partial charge in [-0.15, -0.1) is 0 Å². The van der Waals surface area contributed by atoms with Crippen molar-refractivity contribution in [3.63, 3.8) is 0 Å². The molecular weight excluding hydrogens is 292 g/mol. The monoisotopic (exact) mass is 299 g/mol. The van der Waals surface area contributed by atoms with E-state index in [9.17, 15) is 9.90 Å². The molecular formula is C10H8BrN2O2S-. The van der Waals surface area contributed by atoms with E-state index in [1.807, 2.05) is 18.2 Å². The number of H-pyrrole nitrogens is 1. The van der Waals surface area contributed by atoms with Crippen LogP contribution < -0.4 is 5.11 Å². The molecule has 0 fully saturated rings. The molecule has 0 bridgehead atoms. The smallest absolute Gasteiger partial charge is 0.166 e. The summed E-state index contributed by atoms with van der Waals surface area (Å²) < 4.78 is 0.952. The van der Waals surface area contributed by atoms with E-state index in [2.05, 4.69) is 25.9 Å². The van der Waals surface area contributed by atoms with Gasteiger partial charge in [-0.05, 0) is 25.1 Å². The predicted molar refractivity (Wildman–Crippen MR) is 64.1 cm³/mol. The zero-order valence-corrected chi connectivity index (χ0v) is 10.8.